The lowest BCUT2D eigenvalue weighted by atomic mass is 10.1. The van der Waals surface area contributed by atoms with E-state index in [-0.39, 0.29) is 5.91 Å². The van der Waals surface area contributed by atoms with Gasteiger partial charge in [0.1, 0.15) is 5.82 Å². The number of fused-ring (bicyclic) bond motifs is 1. The maximum Gasteiger partial charge on any atom is 0.255 e. The second kappa shape index (κ2) is 8.78. The molecule has 0 saturated carbocycles. The van der Waals surface area contributed by atoms with Gasteiger partial charge in [-0.1, -0.05) is 30.7 Å². The summed E-state index contributed by atoms with van der Waals surface area (Å²) < 4.78 is 4.08. The molecule has 162 valence electrons. The minimum Gasteiger partial charge on any atom is -0.322 e. The van der Waals surface area contributed by atoms with E-state index in [1.165, 1.54) is 6.42 Å². The van der Waals surface area contributed by atoms with E-state index in [1.54, 1.807) is 6.20 Å². The third-order valence-electron chi connectivity index (χ3n) is 5.97. The summed E-state index contributed by atoms with van der Waals surface area (Å²) in [5, 5.41) is 16.2. The number of aryl methyl sites for hydroxylation is 2. The van der Waals surface area contributed by atoms with Gasteiger partial charge in [0.25, 0.3) is 5.91 Å². The van der Waals surface area contributed by atoms with Crippen molar-refractivity contribution in [3.63, 3.8) is 0 Å². The normalized spacial score (nSPS) is 13.4. The molecule has 32 heavy (non-hydrogen) atoms. The molecule has 4 aromatic rings. The fourth-order valence-corrected chi connectivity index (χ4v) is 4.13. The number of carbonyl (C=O) groups excluding carboxylic acids is 1. The van der Waals surface area contributed by atoms with Crippen molar-refractivity contribution in [3.05, 3.63) is 83.4 Å². The number of hydrogen-bond donors (Lipinski definition) is 1. The van der Waals surface area contributed by atoms with E-state index in [2.05, 4.69) is 31.2 Å². The minimum absolute atomic E-state index is 0.129. The summed E-state index contributed by atoms with van der Waals surface area (Å²) in [6, 6.07) is 15.6. The van der Waals surface area contributed by atoms with Crippen LogP contribution in [0.2, 0.25) is 0 Å². The summed E-state index contributed by atoms with van der Waals surface area (Å²) in [6.07, 6.45) is 8.18. The lowest BCUT2D eigenvalue weighted by Gasteiger charge is -2.12. The Morgan fingerprint density at radius 3 is 2.75 bits per heavy atom. The van der Waals surface area contributed by atoms with E-state index in [4.69, 9.17) is 0 Å². The maximum absolute atomic E-state index is 12.9. The van der Waals surface area contributed by atoms with Crippen LogP contribution in [-0.4, -0.2) is 30.5 Å². The number of hydrogen-bond acceptors (Lipinski definition) is 4. The summed E-state index contributed by atoms with van der Waals surface area (Å²) in [6.45, 7) is 3.62. The van der Waals surface area contributed by atoms with Gasteiger partial charge in [0.05, 0.1) is 6.54 Å². The van der Waals surface area contributed by atoms with Crippen molar-refractivity contribution in [3.8, 4) is 11.4 Å². The van der Waals surface area contributed by atoms with Crippen LogP contribution in [0.5, 0.6) is 0 Å². The Morgan fingerprint density at radius 1 is 1.06 bits per heavy atom. The van der Waals surface area contributed by atoms with Gasteiger partial charge in [-0.05, 0) is 55.2 Å². The van der Waals surface area contributed by atoms with Crippen LogP contribution in [0, 0.1) is 6.92 Å². The van der Waals surface area contributed by atoms with Crippen LogP contribution in [0.25, 0.3) is 11.4 Å². The summed E-state index contributed by atoms with van der Waals surface area (Å²) in [7, 11) is 0. The smallest absolute Gasteiger partial charge is 0.255 e. The molecule has 1 amide bonds. The second-order valence-corrected chi connectivity index (χ2v) is 8.29. The Morgan fingerprint density at radius 2 is 1.94 bits per heavy atom. The zero-order valence-electron chi connectivity index (χ0n) is 18.2. The number of rotatable bonds is 5. The monoisotopic (exact) mass is 426 g/mol. The Kier molecular flexibility index (Phi) is 5.54. The van der Waals surface area contributed by atoms with Crippen LogP contribution in [0.4, 0.5) is 5.69 Å². The average Bonchev–Trinajstić information content (AvgIpc) is 3.40. The van der Waals surface area contributed by atoms with E-state index < -0.39 is 0 Å². The molecule has 0 bridgehead atoms. The Hall–Kier alpha value is -3.74. The van der Waals surface area contributed by atoms with Crippen molar-refractivity contribution in [2.24, 2.45) is 0 Å². The van der Waals surface area contributed by atoms with Crippen molar-refractivity contribution in [1.82, 2.24) is 24.5 Å². The molecular formula is C25H26N6O. The molecule has 1 aliphatic rings. The highest BCUT2D eigenvalue weighted by molar-refractivity contribution is 6.04. The van der Waals surface area contributed by atoms with Crippen molar-refractivity contribution >= 4 is 11.6 Å². The molecule has 0 radical (unpaired) electrons. The van der Waals surface area contributed by atoms with Gasteiger partial charge in [-0.2, -0.15) is 5.10 Å². The van der Waals surface area contributed by atoms with Gasteiger partial charge in [0.15, 0.2) is 5.82 Å². The number of aromatic nitrogens is 5. The number of nitrogens with one attached hydrogen (secondary N) is 1. The third-order valence-corrected chi connectivity index (χ3v) is 5.97. The average molecular weight is 427 g/mol. The highest BCUT2D eigenvalue weighted by atomic mass is 16.1. The van der Waals surface area contributed by atoms with Gasteiger partial charge in [0.2, 0.25) is 0 Å². The molecule has 1 N–H and O–H groups in total. The van der Waals surface area contributed by atoms with Gasteiger partial charge in [-0.15, -0.1) is 10.2 Å². The number of carbonyl (C=O) groups is 1. The number of amides is 1. The first kappa shape index (κ1) is 20.2. The van der Waals surface area contributed by atoms with Crippen molar-refractivity contribution in [2.75, 3.05) is 5.32 Å². The fraction of sp³-hybridized carbons (Fsp3) is 0.280. The van der Waals surface area contributed by atoms with E-state index in [0.29, 0.717) is 12.1 Å². The molecule has 2 aromatic heterocycles. The van der Waals surface area contributed by atoms with Gasteiger partial charge in [-0.25, -0.2) is 0 Å². The summed E-state index contributed by atoms with van der Waals surface area (Å²) in [4.78, 5) is 12.9. The van der Waals surface area contributed by atoms with E-state index in [1.807, 2.05) is 60.3 Å². The fourth-order valence-electron chi connectivity index (χ4n) is 4.13. The SMILES string of the molecule is Cc1ccc(-c2nnc3n2CCCCC3)cc1NC(=O)c1ccc(Cn2cccn2)cc1. The van der Waals surface area contributed by atoms with Crippen molar-refractivity contribution in [1.29, 1.82) is 0 Å². The zero-order chi connectivity index (χ0) is 21.9. The lowest BCUT2D eigenvalue weighted by Crippen LogP contribution is -2.13. The molecule has 5 rings (SSSR count). The van der Waals surface area contributed by atoms with Crippen LogP contribution in [0.3, 0.4) is 0 Å². The van der Waals surface area contributed by atoms with Gasteiger partial charge >= 0.3 is 0 Å². The molecule has 7 nitrogen and oxygen atoms in total. The Bertz CT molecular complexity index is 1220. The molecular weight excluding hydrogens is 400 g/mol. The first-order valence-corrected chi connectivity index (χ1v) is 11.1. The first-order chi connectivity index (χ1) is 15.7. The van der Waals surface area contributed by atoms with E-state index >= 15 is 0 Å². The maximum atomic E-state index is 12.9. The largest absolute Gasteiger partial charge is 0.322 e. The summed E-state index contributed by atoms with van der Waals surface area (Å²) in [5.41, 5.74) is 4.49. The molecule has 0 aliphatic carbocycles. The number of anilines is 1. The Labute approximate surface area is 187 Å². The van der Waals surface area contributed by atoms with Crippen LogP contribution < -0.4 is 5.32 Å². The van der Waals surface area contributed by atoms with Gasteiger partial charge in [-0.3, -0.25) is 9.48 Å². The molecule has 1 aliphatic heterocycles. The number of nitrogens with zero attached hydrogens (tertiary/aromatic N) is 5. The van der Waals surface area contributed by atoms with Crippen LogP contribution in [0.15, 0.2) is 60.9 Å². The molecule has 0 atom stereocenters. The highest BCUT2D eigenvalue weighted by Crippen LogP contribution is 2.27. The van der Waals surface area contributed by atoms with Crippen LogP contribution in [-0.2, 0) is 19.5 Å². The minimum atomic E-state index is -0.129. The lowest BCUT2D eigenvalue weighted by molar-refractivity contribution is 0.102. The second-order valence-electron chi connectivity index (χ2n) is 8.29. The van der Waals surface area contributed by atoms with E-state index in [9.17, 15) is 4.79 Å². The highest BCUT2D eigenvalue weighted by Gasteiger charge is 2.17. The van der Waals surface area contributed by atoms with Crippen LogP contribution in [0.1, 0.15) is 46.6 Å². The zero-order valence-corrected chi connectivity index (χ0v) is 18.2. The number of benzene rings is 2. The van der Waals surface area contributed by atoms with Crippen molar-refractivity contribution in [2.45, 2.75) is 45.7 Å². The topological polar surface area (TPSA) is 77.6 Å². The molecule has 0 spiro atoms. The molecule has 0 unspecified atom stereocenters. The van der Waals surface area contributed by atoms with Gasteiger partial charge in [0, 0.05) is 42.2 Å². The quantitative estimate of drug-likeness (QED) is 0.511. The molecule has 0 saturated heterocycles. The molecule has 2 aromatic carbocycles. The van der Waals surface area contributed by atoms with Crippen molar-refractivity contribution < 1.29 is 4.79 Å². The Balaban J connectivity index is 1.34. The van der Waals surface area contributed by atoms with Crippen LogP contribution >= 0.6 is 0 Å². The summed E-state index contributed by atoms with van der Waals surface area (Å²) >= 11 is 0. The van der Waals surface area contributed by atoms with E-state index in [0.717, 1.165) is 59.8 Å². The summed E-state index contributed by atoms with van der Waals surface area (Å²) in [5.74, 6) is 1.80. The molecule has 7 heteroatoms. The standard InChI is InChI=1S/C25H26N6O/c1-18-7-10-21(24-29-28-23-6-3-2-4-15-31(23)24)16-22(18)27-25(32)20-11-8-19(9-12-20)17-30-14-5-13-26-30/h5,7-14,16H,2-4,6,15,17H2,1H3,(H,27,32). The molecule has 3 heterocycles. The first-order valence-electron chi connectivity index (χ1n) is 11.1. The van der Waals surface area contributed by atoms with Gasteiger partial charge < -0.3 is 9.88 Å². The molecule has 0 fully saturated rings. The third kappa shape index (κ3) is 4.19. The predicted octanol–water partition coefficient (Wildman–Crippen LogP) is 4.48. The predicted molar refractivity (Wildman–Crippen MR) is 123 cm³/mol.